The molecule has 2 aromatic carbocycles. The number of nitrogens with two attached hydrogens (primary N) is 1. The first-order valence-corrected chi connectivity index (χ1v) is 9.96. The molecule has 7 heteroatoms. The van der Waals surface area contributed by atoms with E-state index in [2.05, 4.69) is 47.3 Å². The Morgan fingerprint density at radius 1 is 1.20 bits per heavy atom. The van der Waals surface area contributed by atoms with Crippen LogP contribution in [-0.4, -0.2) is 18.4 Å². The van der Waals surface area contributed by atoms with Gasteiger partial charge in [-0.2, -0.15) is 0 Å². The number of aryl methyl sites for hydroxylation is 2. The predicted octanol–water partition coefficient (Wildman–Crippen LogP) is 4.50. The monoisotopic (exact) mass is 426 g/mol. The quantitative estimate of drug-likeness (QED) is 0.224. The Labute approximate surface area is 182 Å². The van der Waals surface area contributed by atoms with E-state index in [9.17, 15) is 0 Å². The standard InChI is InChI=1S/C22H23ClN2O.CH4N2O/c1-4-16-7-5-9-20(24-3)18(16)14-26-21-11-10-17(13-15(21)2)22-19(23)8-6-12-25-22;2-3-1-4/h5-13,24H,4,14H2,1-3H3;1H,2H2,(H,3,4). The van der Waals surface area contributed by atoms with Crippen LogP contribution >= 0.6 is 11.6 Å². The molecule has 0 fully saturated rings. The van der Waals surface area contributed by atoms with Crippen molar-refractivity contribution in [3.05, 3.63) is 76.4 Å². The lowest BCUT2D eigenvalue weighted by molar-refractivity contribution is -0.109. The van der Waals surface area contributed by atoms with Gasteiger partial charge in [0.15, 0.2) is 0 Å². The van der Waals surface area contributed by atoms with Gasteiger partial charge in [-0.15, -0.1) is 0 Å². The number of carbonyl (C=O) groups excluding carboxylic acids is 1. The predicted molar refractivity (Wildman–Crippen MR) is 123 cm³/mol. The minimum absolute atomic E-state index is 0.403. The van der Waals surface area contributed by atoms with E-state index in [0.29, 0.717) is 18.0 Å². The first kappa shape index (κ1) is 23.2. The number of hydrogen-bond acceptors (Lipinski definition) is 5. The number of pyridine rings is 1. The maximum absolute atomic E-state index is 8.94. The van der Waals surface area contributed by atoms with Gasteiger partial charge in [-0.1, -0.05) is 30.7 Å². The molecule has 1 amide bonds. The second kappa shape index (κ2) is 11.8. The third-order valence-corrected chi connectivity index (χ3v) is 4.88. The Bertz CT molecular complexity index is 957. The summed E-state index contributed by atoms with van der Waals surface area (Å²) in [6.45, 7) is 4.74. The van der Waals surface area contributed by atoms with E-state index >= 15 is 0 Å². The van der Waals surface area contributed by atoms with Crippen molar-refractivity contribution in [2.75, 3.05) is 12.4 Å². The van der Waals surface area contributed by atoms with Crippen LogP contribution in [0, 0.1) is 6.92 Å². The van der Waals surface area contributed by atoms with Crippen molar-refractivity contribution >= 4 is 23.7 Å². The maximum Gasteiger partial charge on any atom is 0.221 e. The number of anilines is 1. The van der Waals surface area contributed by atoms with Crippen LogP contribution in [0.15, 0.2) is 54.7 Å². The summed E-state index contributed by atoms with van der Waals surface area (Å²) >= 11 is 6.26. The lowest BCUT2D eigenvalue weighted by atomic mass is 10.0. The summed E-state index contributed by atoms with van der Waals surface area (Å²) in [4.78, 5) is 13.3. The summed E-state index contributed by atoms with van der Waals surface area (Å²) in [5.74, 6) is 5.28. The molecule has 0 unspecified atom stereocenters. The summed E-state index contributed by atoms with van der Waals surface area (Å²) in [6, 6.07) is 16.0. The number of hydrogen-bond donors (Lipinski definition) is 3. The molecule has 0 saturated carbocycles. The zero-order chi connectivity index (χ0) is 21.9. The van der Waals surface area contributed by atoms with Gasteiger partial charge in [0.25, 0.3) is 0 Å². The number of ether oxygens (including phenoxy) is 1. The van der Waals surface area contributed by atoms with Gasteiger partial charge in [-0.3, -0.25) is 15.2 Å². The topological polar surface area (TPSA) is 89.3 Å². The highest BCUT2D eigenvalue weighted by Crippen LogP contribution is 2.30. The van der Waals surface area contributed by atoms with E-state index in [1.54, 1.807) is 11.6 Å². The zero-order valence-corrected chi connectivity index (χ0v) is 18.2. The van der Waals surface area contributed by atoms with Crippen LogP contribution in [-0.2, 0) is 17.8 Å². The molecule has 3 rings (SSSR count). The van der Waals surface area contributed by atoms with Gasteiger partial charge in [0, 0.05) is 30.1 Å². The summed E-state index contributed by atoms with van der Waals surface area (Å²) in [6.07, 6.45) is 3.13. The fourth-order valence-corrected chi connectivity index (χ4v) is 3.31. The van der Waals surface area contributed by atoms with Gasteiger partial charge >= 0.3 is 0 Å². The molecule has 0 spiro atoms. The first-order valence-electron chi connectivity index (χ1n) is 9.58. The molecule has 1 heterocycles. The fourth-order valence-electron chi connectivity index (χ4n) is 3.08. The Kier molecular flexibility index (Phi) is 9.12. The number of halogens is 1. The van der Waals surface area contributed by atoms with Crippen LogP contribution in [0.1, 0.15) is 23.6 Å². The Morgan fingerprint density at radius 3 is 2.57 bits per heavy atom. The van der Waals surface area contributed by atoms with E-state index in [1.807, 2.05) is 38.2 Å². The third kappa shape index (κ3) is 5.95. The zero-order valence-electron chi connectivity index (χ0n) is 17.4. The number of hydrazine groups is 1. The molecule has 1 aromatic heterocycles. The molecule has 0 atom stereocenters. The normalized spacial score (nSPS) is 9.90. The minimum atomic E-state index is 0.403. The molecule has 0 bridgehead atoms. The second-order valence-electron chi connectivity index (χ2n) is 6.43. The van der Waals surface area contributed by atoms with Gasteiger partial charge in [0.1, 0.15) is 12.4 Å². The smallest absolute Gasteiger partial charge is 0.221 e. The van der Waals surface area contributed by atoms with Gasteiger partial charge in [-0.25, -0.2) is 5.84 Å². The van der Waals surface area contributed by atoms with E-state index in [-0.39, 0.29) is 0 Å². The lowest BCUT2D eigenvalue weighted by Gasteiger charge is -2.16. The number of aromatic nitrogens is 1. The van der Waals surface area contributed by atoms with Crippen molar-refractivity contribution in [1.29, 1.82) is 0 Å². The van der Waals surface area contributed by atoms with E-state index < -0.39 is 0 Å². The van der Waals surface area contributed by atoms with Crippen LogP contribution in [0.4, 0.5) is 5.69 Å². The molecule has 0 aliphatic rings. The number of benzene rings is 2. The largest absolute Gasteiger partial charge is 0.489 e. The highest BCUT2D eigenvalue weighted by Gasteiger charge is 2.10. The molecule has 0 saturated heterocycles. The van der Waals surface area contributed by atoms with Gasteiger partial charge < -0.3 is 10.1 Å². The third-order valence-electron chi connectivity index (χ3n) is 4.57. The molecule has 0 radical (unpaired) electrons. The van der Waals surface area contributed by atoms with Crippen molar-refractivity contribution in [2.24, 2.45) is 5.84 Å². The van der Waals surface area contributed by atoms with Crippen LogP contribution in [0.5, 0.6) is 5.75 Å². The Morgan fingerprint density at radius 2 is 1.97 bits per heavy atom. The molecule has 4 N–H and O–H groups in total. The maximum atomic E-state index is 8.94. The van der Waals surface area contributed by atoms with Crippen LogP contribution in [0.2, 0.25) is 5.02 Å². The highest BCUT2D eigenvalue weighted by atomic mass is 35.5. The van der Waals surface area contributed by atoms with Crippen molar-refractivity contribution in [3.8, 4) is 17.0 Å². The number of nitrogens with one attached hydrogen (secondary N) is 2. The van der Waals surface area contributed by atoms with Crippen molar-refractivity contribution in [1.82, 2.24) is 10.4 Å². The molecular formula is C23H27ClN4O2. The fraction of sp³-hybridized carbons (Fsp3) is 0.217. The molecule has 30 heavy (non-hydrogen) atoms. The van der Waals surface area contributed by atoms with Gasteiger partial charge in [0.05, 0.1) is 10.7 Å². The number of rotatable bonds is 7. The van der Waals surface area contributed by atoms with Crippen LogP contribution < -0.4 is 21.3 Å². The average molecular weight is 427 g/mol. The van der Waals surface area contributed by atoms with Crippen LogP contribution in [0.3, 0.4) is 0 Å². The number of nitrogens with zero attached hydrogens (tertiary/aromatic N) is 1. The van der Waals surface area contributed by atoms with Crippen molar-refractivity contribution in [3.63, 3.8) is 0 Å². The number of amides is 1. The molecular weight excluding hydrogens is 400 g/mol. The molecule has 158 valence electrons. The second-order valence-corrected chi connectivity index (χ2v) is 6.84. The average Bonchev–Trinajstić information content (AvgIpc) is 2.78. The summed E-state index contributed by atoms with van der Waals surface area (Å²) < 4.78 is 6.14. The van der Waals surface area contributed by atoms with Gasteiger partial charge in [0.2, 0.25) is 6.41 Å². The van der Waals surface area contributed by atoms with Crippen molar-refractivity contribution < 1.29 is 9.53 Å². The minimum Gasteiger partial charge on any atom is -0.489 e. The lowest BCUT2D eigenvalue weighted by Crippen LogP contribution is -2.18. The Balaban J connectivity index is 0.000000735. The molecule has 0 aliphatic carbocycles. The van der Waals surface area contributed by atoms with Gasteiger partial charge in [-0.05, 0) is 60.9 Å². The molecule has 0 aliphatic heterocycles. The summed E-state index contributed by atoms with van der Waals surface area (Å²) in [5, 5.41) is 3.90. The Hall–Kier alpha value is -3.09. The summed E-state index contributed by atoms with van der Waals surface area (Å²) in [5.41, 5.74) is 8.20. The molecule has 3 aromatic rings. The first-order chi connectivity index (χ1) is 14.5. The highest BCUT2D eigenvalue weighted by molar-refractivity contribution is 6.33. The molecule has 6 nitrogen and oxygen atoms in total. The SMILES string of the molecule is CCc1cccc(NC)c1COc1ccc(-c2ncccc2Cl)cc1C.NNC=O. The summed E-state index contributed by atoms with van der Waals surface area (Å²) in [7, 11) is 1.94. The van der Waals surface area contributed by atoms with Crippen LogP contribution in [0.25, 0.3) is 11.3 Å². The number of carbonyl (C=O) groups is 1. The van der Waals surface area contributed by atoms with E-state index in [0.717, 1.165) is 34.7 Å². The van der Waals surface area contributed by atoms with Crippen molar-refractivity contribution in [2.45, 2.75) is 26.9 Å². The van der Waals surface area contributed by atoms with E-state index in [4.69, 9.17) is 21.1 Å². The van der Waals surface area contributed by atoms with E-state index in [1.165, 1.54) is 11.1 Å².